The first kappa shape index (κ1) is 12.6. The largest absolute Gasteiger partial charge is 0.409 e. The number of oxime groups is 1. The molecule has 0 radical (unpaired) electrons. The molecule has 0 amide bonds. The highest BCUT2D eigenvalue weighted by atomic mass is 16.5. The summed E-state index contributed by atoms with van der Waals surface area (Å²) in [6.07, 6.45) is 7.33. The first-order valence-electron chi connectivity index (χ1n) is 6.61. The number of hydrogen-bond acceptors (Lipinski definition) is 4. The number of rotatable bonds is 4. The van der Waals surface area contributed by atoms with Gasteiger partial charge in [0.1, 0.15) is 0 Å². The maximum atomic E-state index is 8.73. The van der Waals surface area contributed by atoms with E-state index in [1.165, 1.54) is 25.7 Å². The van der Waals surface area contributed by atoms with Crippen molar-refractivity contribution in [2.45, 2.75) is 50.6 Å². The molecule has 0 bridgehead atoms. The van der Waals surface area contributed by atoms with Crippen molar-refractivity contribution in [1.82, 2.24) is 4.90 Å². The quantitative estimate of drug-likeness (QED) is 0.335. The highest BCUT2D eigenvalue weighted by Gasteiger charge is 2.30. The summed E-state index contributed by atoms with van der Waals surface area (Å²) in [6.45, 7) is 2.23. The first-order chi connectivity index (χ1) is 8.31. The van der Waals surface area contributed by atoms with E-state index in [1.807, 2.05) is 0 Å². The smallest absolute Gasteiger partial charge is 0.153 e. The summed E-state index contributed by atoms with van der Waals surface area (Å²) in [5, 5.41) is 11.8. The maximum Gasteiger partial charge on any atom is 0.153 e. The molecule has 2 aliphatic rings. The Morgan fingerprint density at radius 3 is 2.53 bits per heavy atom. The van der Waals surface area contributed by atoms with Gasteiger partial charge in [0.05, 0.1) is 13.2 Å². The number of nitrogens with zero attached hydrogens (tertiary/aromatic N) is 2. The molecule has 3 N–H and O–H groups in total. The second-order valence-electron chi connectivity index (χ2n) is 5.07. The van der Waals surface area contributed by atoms with E-state index < -0.39 is 0 Å². The Balaban J connectivity index is 1.99. The Hall–Kier alpha value is -0.810. The molecule has 2 rings (SSSR count). The molecular formula is C12H23N3O2. The number of amidine groups is 1. The lowest BCUT2D eigenvalue weighted by Gasteiger charge is -2.37. The molecule has 1 aliphatic heterocycles. The molecule has 1 atom stereocenters. The average Bonchev–Trinajstić information content (AvgIpc) is 2.90. The van der Waals surface area contributed by atoms with Gasteiger partial charge in [0.15, 0.2) is 5.84 Å². The Morgan fingerprint density at radius 1 is 1.24 bits per heavy atom. The average molecular weight is 241 g/mol. The van der Waals surface area contributed by atoms with Gasteiger partial charge in [-0.15, -0.1) is 0 Å². The third-order valence-electron chi connectivity index (χ3n) is 3.87. The molecular weight excluding hydrogens is 218 g/mol. The molecule has 0 aromatic heterocycles. The van der Waals surface area contributed by atoms with Crippen LogP contribution in [0.5, 0.6) is 0 Å². The number of ether oxygens (including phenoxy) is 1. The van der Waals surface area contributed by atoms with Gasteiger partial charge in [0.2, 0.25) is 0 Å². The standard InChI is InChI=1S/C12H23N3O2/c13-12(14-16)8-15(10-4-1-2-5-10)11-6-3-7-17-9-11/h10-11,16H,1-9H2,(H2,13,14). The molecule has 0 aromatic carbocycles. The third kappa shape index (κ3) is 3.33. The van der Waals surface area contributed by atoms with Crippen LogP contribution in [0.15, 0.2) is 5.16 Å². The second-order valence-corrected chi connectivity index (χ2v) is 5.07. The fourth-order valence-corrected chi connectivity index (χ4v) is 3.00. The van der Waals surface area contributed by atoms with E-state index in [4.69, 9.17) is 15.7 Å². The van der Waals surface area contributed by atoms with Gasteiger partial charge in [-0.1, -0.05) is 18.0 Å². The van der Waals surface area contributed by atoms with Gasteiger partial charge in [-0.05, 0) is 25.7 Å². The Morgan fingerprint density at radius 2 is 1.94 bits per heavy atom. The van der Waals surface area contributed by atoms with Crippen LogP contribution in [0.4, 0.5) is 0 Å². The molecule has 5 nitrogen and oxygen atoms in total. The van der Waals surface area contributed by atoms with Gasteiger partial charge in [-0.2, -0.15) is 0 Å². The Bertz CT molecular complexity index is 258. The highest BCUT2D eigenvalue weighted by molar-refractivity contribution is 5.81. The van der Waals surface area contributed by atoms with E-state index in [0.717, 1.165) is 26.1 Å². The molecule has 1 unspecified atom stereocenters. The fraction of sp³-hybridized carbons (Fsp3) is 0.917. The van der Waals surface area contributed by atoms with E-state index in [0.29, 0.717) is 24.5 Å². The van der Waals surface area contributed by atoms with Crippen molar-refractivity contribution in [3.63, 3.8) is 0 Å². The molecule has 1 saturated carbocycles. The minimum absolute atomic E-state index is 0.308. The Kier molecular flexibility index (Phi) is 4.62. The highest BCUT2D eigenvalue weighted by Crippen LogP contribution is 2.27. The lowest BCUT2D eigenvalue weighted by atomic mass is 10.0. The SMILES string of the molecule is NC(CN(C1CCCC1)C1CCCOC1)=NO. The van der Waals surface area contributed by atoms with Crippen LogP contribution in [-0.2, 0) is 4.74 Å². The molecule has 0 spiro atoms. The van der Waals surface area contributed by atoms with E-state index in [2.05, 4.69) is 10.1 Å². The van der Waals surface area contributed by atoms with Crippen LogP contribution in [0, 0.1) is 0 Å². The summed E-state index contributed by atoms with van der Waals surface area (Å²) in [4.78, 5) is 2.39. The predicted octanol–water partition coefficient (Wildman–Crippen LogP) is 1.16. The Labute approximate surface area is 103 Å². The molecule has 98 valence electrons. The van der Waals surface area contributed by atoms with Gasteiger partial charge in [0.25, 0.3) is 0 Å². The lowest BCUT2D eigenvalue weighted by Crippen LogP contribution is -2.49. The molecule has 0 aromatic rings. The van der Waals surface area contributed by atoms with Crippen molar-refractivity contribution in [2.24, 2.45) is 10.9 Å². The van der Waals surface area contributed by atoms with Crippen molar-refractivity contribution in [1.29, 1.82) is 0 Å². The zero-order valence-corrected chi connectivity index (χ0v) is 10.3. The van der Waals surface area contributed by atoms with Crippen LogP contribution in [0.3, 0.4) is 0 Å². The molecule has 1 aliphatic carbocycles. The second kappa shape index (κ2) is 6.21. The van der Waals surface area contributed by atoms with Crippen LogP contribution in [-0.4, -0.2) is 47.8 Å². The fourth-order valence-electron chi connectivity index (χ4n) is 3.00. The van der Waals surface area contributed by atoms with Gasteiger partial charge < -0.3 is 15.7 Å². The predicted molar refractivity (Wildman–Crippen MR) is 66.2 cm³/mol. The first-order valence-corrected chi connectivity index (χ1v) is 6.61. The van der Waals surface area contributed by atoms with Gasteiger partial charge >= 0.3 is 0 Å². The van der Waals surface area contributed by atoms with E-state index in [1.54, 1.807) is 0 Å². The summed E-state index contributed by atoms with van der Waals surface area (Å²) < 4.78 is 5.55. The summed E-state index contributed by atoms with van der Waals surface area (Å²) in [5.41, 5.74) is 5.67. The van der Waals surface area contributed by atoms with E-state index >= 15 is 0 Å². The van der Waals surface area contributed by atoms with Gasteiger partial charge in [-0.3, -0.25) is 4.90 Å². The van der Waals surface area contributed by atoms with Crippen molar-refractivity contribution >= 4 is 5.84 Å². The maximum absolute atomic E-state index is 8.73. The number of hydrogen-bond donors (Lipinski definition) is 2. The summed E-state index contributed by atoms with van der Waals surface area (Å²) in [7, 11) is 0. The zero-order valence-electron chi connectivity index (χ0n) is 10.3. The van der Waals surface area contributed by atoms with Crippen LogP contribution in [0.2, 0.25) is 0 Å². The van der Waals surface area contributed by atoms with Crippen LogP contribution >= 0.6 is 0 Å². The minimum atomic E-state index is 0.308. The number of nitrogens with two attached hydrogens (primary N) is 1. The summed E-state index contributed by atoms with van der Waals surface area (Å²) in [5.74, 6) is 0.308. The van der Waals surface area contributed by atoms with Crippen LogP contribution < -0.4 is 5.73 Å². The van der Waals surface area contributed by atoms with Gasteiger partial charge in [0, 0.05) is 18.7 Å². The topological polar surface area (TPSA) is 71.1 Å². The zero-order chi connectivity index (χ0) is 12.1. The summed E-state index contributed by atoms with van der Waals surface area (Å²) in [6, 6.07) is 1.02. The van der Waals surface area contributed by atoms with Crippen LogP contribution in [0.25, 0.3) is 0 Å². The normalized spacial score (nSPS) is 27.8. The van der Waals surface area contributed by atoms with Crippen molar-refractivity contribution in [3.05, 3.63) is 0 Å². The van der Waals surface area contributed by atoms with Crippen LogP contribution in [0.1, 0.15) is 38.5 Å². The van der Waals surface area contributed by atoms with Crippen molar-refractivity contribution in [2.75, 3.05) is 19.8 Å². The van der Waals surface area contributed by atoms with Gasteiger partial charge in [-0.25, -0.2) is 0 Å². The molecule has 1 heterocycles. The molecule has 2 fully saturated rings. The third-order valence-corrected chi connectivity index (χ3v) is 3.87. The monoisotopic (exact) mass is 241 g/mol. The van der Waals surface area contributed by atoms with Crippen molar-refractivity contribution < 1.29 is 9.94 Å². The molecule has 1 saturated heterocycles. The molecule has 17 heavy (non-hydrogen) atoms. The summed E-state index contributed by atoms with van der Waals surface area (Å²) >= 11 is 0. The van der Waals surface area contributed by atoms with E-state index in [-0.39, 0.29) is 0 Å². The minimum Gasteiger partial charge on any atom is -0.409 e. The molecule has 5 heteroatoms. The van der Waals surface area contributed by atoms with Crippen molar-refractivity contribution in [3.8, 4) is 0 Å². The van der Waals surface area contributed by atoms with E-state index in [9.17, 15) is 0 Å². The lowest BCUT2D eigenvalue weighted by molar-refractivity contribution is 0.00771.